The highest BCUT2D eigenvalue weighted by atomic mass is 16.5. The summed E-state index contributed by atoms with van der Waals surface area (Å²) in [6.45, 7) is 6.94. The van der Waals surface area contributed by atoms with Crippen LogP contribution in [0.15, 0.2) is 0 Å². The highest BCUT2D eigenvalue weighted by Gasteiger charge is 2.46. The predicted octanol–water partition coefficient (Wildman–Crippen LogP) is 1.25. The van der Waals surface area contributed by atoms with Crippen molar-refractivity contribution < 1.29 is 9.47 Å². The highest BCUT2D eigenvalue weighted by Crippen LogP contribution is 2.39. The van der Waals surface area contributed by atoms with Gasteiger partial charge in [0.15, 0.2) is 0 Å². The summed E-state index contributed by atoms with van der Waals surface area (Å²) >= 11 is 0. The molecule has 0 aromatic heterocycles. The van der Waals surface area contributed by atoms with Crippen molar-refractivity contribution in [3.8, 4) is 6.07 Å². The maximum Gasteiger partial charge on any atom is 0.122 e. The van der Waals surface area contributed by atoms with Crippen LogP contribution in [0.25, 0.3) is 0 Å². The van der Waals surface area contributed by atoms with Gasteiger partial charge in [-0.3, -0.25) is 10.2 Å². The molecule has 20 heavy (non-hydrogen) atoms. The van der Waals surface area contributed by atoms with Crippen LogP contribution in [-0.4, -0.2) is 64.1 Å². The molecule has 0 heterocycles. The van der Waals surface area contributed by atoms with Gasteiger partial charge in [0, 0.05) is 40.5 Å². The van der Waals surface area contributed by atoms with Crippen LogP contribution in [0.4, 0.5) is 0 Å². The van der Waals surface area contributed by atoms with E-state index in [0.29, 0.717) is 12.5 Å². The Bertz CT molecular complexity index is 302. The number of hydrogen-bond donors (Lipinski definition) is 1. The van der Waals surface area contributed by atoms with Crippen LogP contribution in [0.2, 0.25) is 0 Å². The molecule has 0 aromatic carbocycles. The lowest BCUT2D eigenvalue weighted by molar-refractivity contribution is 0.114. The predicted molar refractivity (Wildman–Crippen MR) is 79.6 cm³/mol. The summed E-state index contributed by atoms with van der Waals surface area (Å²) in [6.07, 6.45) is 3.31. The number of methoxy groups -OCH3 is 2. The van der Waals surface area contributed by atoms with Crippen LogP contribution in [0.3, 0.4) is 0 Å². The maximum atomic E-state index is 9.67. The van der Waals surface area contributed by atoms with E-state index >= 15 is 0 Å². The summed E-state index contributed by atoms with van der Waals surface area (Å²) in [4.78, 5) is 2.33. The van der Waals surface area contributed by atoms with Crippen LogP contribution >= 0.6 is 0 Å². The van der Waals surface area contributed by atoms with Crippen LogP contribution in [0.5, 0.6) is 0 Å². The molecule has 1 rings (SSSR count). The second-order valence-corrected chi connectivity index (χ2v) is 5.50. The SMILES string of the molecule is CCNC(C#N)(CN(CCCOC)CCOC)C1CC1. The van der Waals surface area contributed by atoms with Crippen LogP contribution in [-0.2, 0) is 9.47 Å². The van der Waals surface area contributed by atoms with Gasteiger partial charge >= 0.3 is 0 Å². The Kier molecular flexibility index (Phi) is 8.08. The Morgan fingerprint density at radius 3 is 2.45 bits per heavy atom. The zero-order valence-corrected chi connectivity index (χ0v) is 13.2. The molecule has 0 amide bonds. The fraction of sp³-hybridized carbons (Fsp3) is 0.933. The Morgan fingerprint density at radius 1 is 1.25 bits per heavy atom. The van der Waals surface area contributed by atoms with Crippen LogP contribution < -0.4 is 5.32 Å². The first kappa shape index (κ1) is 17.4. The average molecular weight is 283 g/mol. The van der Waals surface area contributed by atoms with E-state index in [0.717, 1.165) is 52.0 Å². The number of nitrogens with one attached hydrogen (secondary N) is 1. The lowest BCUT2D eigenvalue weighted by Crippen LogP contribution is -2.55. The zero-order valence-electron chi connectivity index (χ0n) is 13.2. The van der Waals surface area contributed by atoms with Crippen molar-refractivity contribution in [3.63, 3.8) is 0 Å². The maximum absolute atomic E-state index is 9.67. The standard InChI is InChI=1S/C15H29N3O2/c1-4-17-15(12-16,14-6-7-14)13-18(9-11-20-3)8-5-10-19-2/h14,17H,4-11,13H2,1-3H3. The minimum atomic E-state index is -0.393. The van der Waals surface area contributed by atoms with Crippen molar-refractivity contribution in [3.05, 3.63) is 0 Å². The average Bonchev–Trinajstić information content (AvgIpc) is 3.29. The van der Waals surface area contributed by atoms with Crippen molar-refractivity contribution in [2.24, 2.45) is 5.92 Å². The molecule has 116 valence electrons. The summed E-state index contributed by atoms with van der Waals surface area (Å²) in [5, 5.41) is 13.1. The van der Waals surface area contributed by atoms with E-state index in [2.05, 4.69) is 23.2 Å². The van der Waals surface area contributed by atoms with E-state index in [1.54, 1.807) is 14.2 Å². The normalized spacial score (nSPS) is 17.9. The highest BCUT2D eigenvalue weighted by molar-refractivity contribution is 5.16. The number of ether oxygens (including phenoxy) is 2. The number of nitrogens with zero attached hydrogens (tertiary/aromatic N) is 2. The summed E-state index contributed by atoms with van der Waals surface area (Å²) in [7, 11) is 3.44. The molecule has 0 spiro atoms. The number of nitriles is 1. The molecule has 5 heteroatoms. The third-order valence-corrected chi connectivity index (χ3v) is 3.87. The van der Waals surface area contributed by atoms with E-state index in [1.165, 1.54) is 0 Å². The third kappa shape index (κ3) is 5.37. The lowest BCUT2D eigenvalue weighted by Gasteiger charge is -2.34. The number of rotatable bonds is 12. The van der Waals surface area contributed by atoms with Gasteiger partial charge in [0.2, 0.25) is 0 Å². The topological polar surface area (TPSA) is 57.5 Å². The molecule has 1 aliphatic carbocycles. The van der Waals surface area contributed by atoms with Gasteiger partial charge in [0.1, 0.15) is 5.54 Å². The van der Waals surface area contributed by atoms with Gasteiger partial charge in [0.25, 0.3) is 0 Å². The van der Waals surface area contributed by atoms with E-state index in [1.807, 2.05) is 0 Å². The molecular weight excluding hydrogens is 254 g/mol. The zero-order chi connectivity index (χ0) is 14.8. The van der Waals surface area contributed by atoms with E-state index in [9.17, 15) is 5.26 Å². The molecule has 0 aliphatic heterocycles. The summed E-state index contributed by atoms with van der Waals surface area (Å²) in [5.41, 5.74) is -0.393. The summed E-state index contributed by atoms with van der Waals surface area (Å²) in [6, 6.07) is 2.55. The Labute approximate surface area is 123 Å². The Hall–Kier alpha value is -0.670. The van der Waals surface area contributed by atoms with Gasteiger partial charge in [-0.1, -0.05) is 6.92 Å². The van der Waals surface area contributed by atoms with Gasteiger partial charge in [-0.25, -0.2) is 0 Å². The minimum Gasteiger partial charge on any atom is -0.385 e. The van der Waals surface area contributed by atoms with Gasteiger partial charge in [-0.15, -0.1) is 0 Å². The lowest BCUT2D eigenvalue weighted by atomic mass is 9.94. The Balaban J connectivity index is 2.60. The van der Waals surface area contributed by atoms with Gasteiger partial charge in [-0.2, -0.15) is 5.26 Å². The molecule has 1 saturated carbocycles. The first-order valence-corrected chi connectivity index (χ1v) is 7.59. The molecule has 0 radical (unpaired) electrons. The molecule has 1 unspecified atom stereocenters. The first-order valence-electron chi connectivity index (χ1n) is 7.59. The van der Waals surface area contributed by atoms with Crippen molar-refractivity contribution in [2.75, 3.05) is 53.6 Å². The van der Waals surface area contributed by atoms with Crippen molar-refractivity contribution in [1.29, 1.82) is 5.26 Å². The first-order chi connectivity index (χ1) is 9.72. The molecule has 1 aliphatic rings. The number of hydrogen-bond acceptors (Lipinski definition) is 5. The molecule has 5 nitrogen and oxygen atoms in total. The molecular formula is C15H29N3O2. The fourth-order valence-corrected chi connectivity index (χ4v) is 2.66. The van der Waals surface area contributed by atoms with Crippen LogP contribution in [0, 0.1) is 17.2 Å². The largest absolute Gasteiger partial charge is 0.385 e. The van der Waals surface area contributed by atoms with Crippen molar-refractivity contribution in [2.45, 2.75) is 31.7 Å². The van der Waals surface area contributed by atoms with E-state index < -0.39 is 5.54 Å². The Morgan fingerprint density at radius 2 is 1.95 bits per heavy atom. The van der Waals surface area contributed by atoms with Gasteiger partial charge in [-0.05, 0) is 31.7 Å². The molecule has 0 bridgehead atoms. The monoisotopic (exact) mass is 283 g/mol. The third-order valence-electron chi connectivity index (χ3n) is 3.87. The summed E-state index contributed by atoms with van der Waals surface area (Å²) < 4.78 is 10.3. The fourth-order valence-electron chi connectivity index (χ4n) is 2.66. The smallest absolute Gasteiger partial charge is 0.122 e. The molecule has 0 aromatic rings. The molecule has 1 atom stereocenters. The van der Waals surface area contributed by atoms with Crippen molar-refractivity contribution in [1.82, 2.24) is 10.2 Å². The molecule has 1 fully saturated rings. The molecule has 1 N–H and O–H groups in total. The van der Waals surface area contributed by atoms with Gasteiger partial charge < -0.3 is 9.47 Å². The van der Waals surface area contributed by atoms with E-state index in [4.69, 9.17) is 9.47 Å². The molecule has 0 saturated heterocycles. The second kappa shape index (κ2) is 9.30. The number of likely N-dealkylation sites (N-methyl/N-ethyl adjacent to an activating group) is 1. The van der Waals surface area contributed by atoms with Crippen LogP contribution in [0.1, 0.15) is 26.2 Å². The quantitative estimate of drug-likeness (QED) is 0.546. The van der Waals surface area contributed by atoms with Crippen molar-refractivity contribution >= 4 is 0 Å². The minimum absolute atomic E-state index is 0.393. The second-order valence-electron chi connectivity index (χ2n) is 5.50. The van der Waals surface area contributed by atoms with E-state index in [-0.39, 0.29) is 0 Å². The van der Waals surface area contributed by atoms with Gasteiger partial charge in [0.05, 0.1) is 12.7 Å². The summed E-state index contributed by atoms with van der Waals surface area (Å²) in [5.74, 6) is 0.500.